The first-order chi connectivity index (χ1) is 14.5. The third-order valence-electron chi connectivity index (χ3n) is 4.92. The van der Waals surface area contributed by atoms with Crippen LogP contribution in [-0.4, -0.2) is 19.5 Å². The molecule has 3 heterocycles. The summed E-state index contributed by atoms with van der Waals surface area (Å²) in [6, 6.07) is 5.35. The van der Waals surface area contributed by atoms with Gasteiger partial charge in [0.15, 0.2) is 0 Å². The number of nitrogens with zero attached hydrogens (tertiary/aromatic N) is 3. The van der Waals surface area contributed by atoms with Gasteiger partial charge in [-0.05, 0) is 24.3 Å². The summed E-state index contributed by atoms with van der Waals surface area (Å²) in [5, 5.41) is 4.72. The van der Waals surface area contributed by atoms with E-state index in [1.807, 2.05) is 25.3 Å². The number of hydrogen-bond donors (Lipinski definition) is 2. The molecule has 0 saturated carbocycles. The van der Waals surface area contributed by atoms with E-state index in [-0.39, 0.29) is 5.56 Å². The molecular formula is C21H15Cl2N5O2. The van der Waals surface area contributed by atoms with Crippen molar-refractivity contribution >= 4 is 51.1 Å². The Bertz CT molecular complexity index is 1440. The van der Waals surface area contributed by atoms with Crippen LogP contribution in [0.1, 0.15) is 6.42 Å². The molecule has 0 radical (unpaired) electrons. The van der Waals surface area contributed by atoms with Gasteiger partial charge in [-0.15, -0.1) is 0 Å². The molecule has 9 heteroatoms. The minimum Gasteiger partial charge on any atom is -0.472 e. The SMILES string of the molecule is Cn1c(NC2=C(Cl)CC=CC=C2Cl)nc2ccc3nc(-c4ccoc4)[nH]c(=O)c3c21. The Balaban J connectivity index is 1.67. The van der Waals surface area contributed by atoms with Crippen LogP contribution in [0.5, 0.6) is 0 Å². The summed E-state index contributed by atoms with van der Waals surface area (Å²) >= 11 is 12.8. The summed E-state index contributed by atoms with van der Waals surface area (Å²) in [5.41, 5.74) is 2.90. The third-order valence-corrected chi connectivity index (χ3v) is 5.58. The minimum absolute atomic E-state index is 0.259. The van der Waals surface area contributed by atoms with Crippen LogP contribution in [0.15, 0.2) is 73.9 Å². The summed E-state index contributed by atoms with van der Waals surface area (Å²) < 4.78 is 6.89. The molecular weight excluding hydrogens is 425 g/mol. The fourth-order valence-electron chi connectivity index (χ4n) is 3.46. The quantitative estimate of drug-likeness (QED) is 0.467. The van der Waals surface area contributed by atoms with Crippen LogP contribution in [-0.2, 0) is 7.05 Å². The summed E-state index contributed by atoms with van der Waals surface area (Å²) in [4.78, 5) is 25.0. The fourth-order valence-corrected chi connectivity index (χ4v) is 3.98. The topological polar surface area (TPSA) is 88.7 Å². The number of benzene rings is 1. The summed E-state index contributed by atoms with van der Waals surface area (Å²) in [7, 11) is 1.82. The van der Waals surface area contributed by atoms with Gasteiger partial charge >= 0.3 is 0 Å². The molecule has 0 amide bonds. The zero-order valence-electron chi connectivity index (χ0n) is 15.7. The molecule has 0 unspecified atom stereocenters. The van der Waals surface area contributed by atoms with Crippen molar-refractivity contribution in [3.05, 3.63) is 75.1 Å². The largest absolute Gasteiger partial charge is 0.472 e. The maximum Gasteiger partial charge on any atom is 0.261 e. The van der Waals surface area contributed by atoms with Crippen molar-refractivity contribution in [3.63, 3.8) is 0 Å². The second-order valence-corrected chi connectivity index (χ2v) is 7.66. The molecule has 0 fully saturated rings. The molecule has 5 rings (SSSR count). The van der Waals surface area contributed by atoms with E-state index < -0.39 is 0 Å². The monoisotopic (exact) mass is 439 g/mol. The second-order valence-electron chi connectivity index (χ2n) is 6.80. The number of furan rings is 1. The van der Waals surface area contributed by atoms with Gasteiger partial charge in [0.2, 0.25) is 5.95 Å². The smallest absolute Gasteiger partial charge is 0.261 e. The average Bonchev–Trinajstić information content (AvgIpc) is 3.34. The molecule has 0 saturated heterocycles. The number of allylic oxidation sites excluding steroid dienone is 5. The van der Waals surface area contributed by atoms with Gasteiger partial charge in [0, 0.05) is 18.5 Å². The zero-order valence-corrected chi connectivity index (χ0v) is 17.3. The van der Waals surface area contributed by atoms with E-state index in [0.29, 0.717) is 61.5 Å². The lowest BCUT2D eigenvalue weighted by Gasteiger charge is -2.11. The molecule has 0 spiro atoms. The van der Waals surface area contributed by atoms with Crippen LogP contribution in [0, 0.1) is 0 Å². The van der Waals surface area contributed by atoms with E-state index in [9.17, 15) is 4.79 Å². The van der Waals surface area contributed by atoms with Crippen molar-refractivity contribution in [2.45, 2.75) is 6.42 Å². The molecule has 7 nitrogen and oxygen atoms in total. The number of nitrogens with one attached hydrogen (secondary N) is 2. The molecule has 0 atom stereocenters. The maximum atomic E-state index is 13.0. The Morgan fingerprint density at radius 2 is 2.03 bits per heavy atom. The predicted molar refractivity (Wildman–Crippen MR) is 119 cm³/mol. The first-order valence-electron chi connectivity index (χ1n) is 9.13. The number of aromatic nitrogens is 4. The number of halogens is 2. The predicted octanol–water partition coefficient (Wildman–Crippen LogP) is 5.01. The van der Waals surface area contributed by atoms with Gasteiger partial charge in [-0.1, -0.05) is 35.4 Å². The standard InChI is InChI=1S/C21H15Cl2N5O2/c1-28-18-15(25-21(28)26-17-12(22)4-2-3-5-13(17)23)7-6-14-16(18)20(29)27-19(24-14)11-8-9-30-10-11/h2-4,6-10H,5H2,1H3,(H,25,26)(H,24,27,29). The highest BCUT2D eigenvalue weighted by molar-refractivity contribution is 6.36. The first kappa shape index (κ1) is 18.7. The Kier molecular flexibility index (Phi) is 4.49. The number of rotatable bonds is 3. The van der Waals surface area contributed by atoms with E-state index >= 15 is 0 Å². The van der Waals surface area contributed by atoms with E-state index in [2.05, 4.69) is 20.3 Å². The van der Waals surface area contributed by atoms with Crippen molar-refractivity contribution in [1.29, 1.82) is 0 Å². The summed E-state index contributed by atoms with van der Waals surface area (Å²) in [5.74, 6) is 0.957. The molecule has 150 valence electrons. The van der Waals surface area contributed by atoms with Gasteiger partial charge in [-0.3, -0.25) is 4.79 Å². The molecule has 1 aromatic carbocycles. The van der Waals surface area contributed by atoms with Gasteiger partial charge in [0.1, 0.15) is 12.1 Å². The molecule has 4 aromatic rings. The Hall–Kier alpha value is -3.29. The Labute approximate surface area is 180 Å². The lowest BCUT2D eigenvalue weighted by molar-refractivity contribution is 0.568. The lowest BCUT2D eigenvalue weighted by Crippen LogP contribution is -2.11. The van der Waals surface area contributed by atoms with Gasteiger partial charge < -0.3 is 19.3 Å². The van der Waals surface area contributed by atoms with Crippen LogP contribution in [0.3, 0.4) is 0 Å². The van der Waals surface area contributed by atoms with Gasteiger partial charge in [0.05, 0.1) is 44.5 Å². The molecule has 2 N–H and O–H groups in total. The van der Waals surface area contributed by atoms with Crippen LogP contribution in [0.4, 0.5) is 5.95 Å². The molecule has 1 aliphatic rings. The zero-order chi connectivity index (χ0) is 20.8. The number of aryl methyl sites for hydroxylation is 1. The second kappa shape index (κ2) is 7.19. The third kappa shape index (κ3) is 3.03. The Morgan fingerprint density at radius 3 is 2.83 bits per heavy atom. The van der Waals surface area contributed by atoms with Gasteiger partial charge in [-0.2, -0.15) is 0 Å². The normalized spacial score (nSPS) is 14.4. The van der Waals surface area contributed by atoms with Crippen LogP contribution >= 0.6 is 23.2 Å². The van der Waals surface area contributed by atoms with Crippen molar-refractivity contribution < 1.29 is 4.42 Å². The first-order valence-corrected chi connectivity index (χ1v) is 9.89. The van der Waals surface area contributed by atoms with Crippen LogP contribution < -0.4 is 10.9 Å². The summed E-state index contributed by atoms with van der Waals surface area (Å²) in [6.45, 7) is 0. The van der Waals surface area contributed by atoms with Crippen molar-refractivity contribution in [1.82, 2.24) is 19.5 Å². The minimum atomic E-state index is -0.259. The molecule has 0 aliphatic heterocycles. The van der Waals surface area contributed by atoms with Gasteiger partial charge in [-0.25, -0.2) is 9.97 Å². The highest BCUT2D eigenvalue weighted by atomic mass is 35.5. The Morgan fingerprint density at radius 1 is 1.20 bits per heavy atom. The summed E-state index contributed by atoms with van der Waals surface area (Å²) in [6.07, 6.45) is 9.16. The van der Waals surface area contributed by atoms with Crippen molar-refractivity contribution in [2.75, 3.05) is 5.32 Å². The fraction of sp³-hybridized carbons (Fsp3) is 0.0952. The highest BCUT2D eigenvalue weighted by Gasteiger charge is 2.18. The average molecular weight is 440 g/mol. The number of hydrogen-bond acceptors (Lipinski definition) is 5. The van der Waals surface area contributed by atoms with Crippen LogP contribution in [0.25, 0.3) is 33.3 Å². The molecule has 0 bridgehead atoms. The molecule has 30 heavy (non-hydrogen) atoms. The highest BCUT2D eigenvalue weighted by Crippen LogP contribution is 2.30. The van der Waals surface area contributed by atoms with Crippen molar-refractivity contribution in [3.8, 4) is 11.4 Å². The number of imidazole rings is 1. The molecule has 1 aliphatic carbocycles. The van der Waals surface area contributed by atoms with Crippen molar-refractivity contribution in [2.24, 2.45) is 7.05 Å². The maximum absolute atomic E-state index is 13.0. The van der Waals surface area contributed by atoms with E-state index in [1.54, 1.807) is 22.8 Å². The van der Waals surface area contributed by atoms with E-state index in [0.717, 1.165) is 0 Å². The van der Waals surface area contributed by atoms with Gasteiger partial charge in [0.25, 0.3) is 5.56 Å². The number of aromatic amines is 1. The number of fused-ring (bicyclic) bond motifs is 3. The number of anilines is 1. The van der Waals surface area contributed by atoms with E-state index in [4.69, 9.17) is 27.6 Å². The number of H-pyrrole nitrogens is 1. The van der Waals surface area contributed by atoms with Crippen LogP contribution in [0.2, 0.25) is 0 Å². The lowest BCUT2D eigenvalue weighted by atomic mass is 10.2. The molecule has 3 aromatic heterocycles. The van der Waals surface area contributed by atoms with E-state index in [1.165, 1.54) is 12.5 Å².